The van der Waals surface area contributed by atoms with Crippen LogP contribution in [0.15, 0.2) is 24.3 Å². The highest BCUT2D eigenvalue weighted by atomic mass is 16.2. The number of hydrogen-bond donors (Lipinski definition) is 0. The minimum Gasteiger partial charge on any atom is -0.274 e. The quantitative estimate of drug-likeness (QED) is 0.667. The van der Waals surface area contributed by atoms with E-state index in [9.17, 15) is 9.59 Å². The molecule has 1 aliphatic rings. The van der Waals surface area contributed by atoms with Gasteiger partial charge in [0.1, 0.15) is 0 Å². The van der Waals surface area contributed by atoms with Crippen molar-refractivity contribution in [3.05, 3.63) is 35.4 Å². The number of amides is 2. The molecule has 0 unspecified atom stereocenters. The largest absolute Gasteiger partial charge is 1.00 e. The molecule has 0 aromatic heterocycles. The van der Waals surface area contributed by atoms with Crippen LogP contribution in [0, 0.1) is 0 Å². The van der Waals surface area contributed by atoms with Gasteiger partial charge in [-0.05, 0) is 18.6 Å². The first kappa shape index (κ1) is 8.94. The van der Waals surface area contributed by atoms with E-state index in [4.69, 9.17) is 0 Å². The molecule has 0 saturated heterocycles. The highest BCUT2D eigenvalue weighted by molar-refractivity contribution is 6.21. The number of imide groups is 1. The Balaban J connectivity index is 0.00000112. The molecule has 2 amide bonds. The van der Waals surface area contributed by atoms with Crippen molar-refractivity contribution in [3.8, 4) is 0 Å². The van der Waals surface area contributed by atoms with Crippen LogP contribution in [0.25, 0.3) is 0 Å². The van der Waals surface area contributed by atoms with Crippen molar-refractivity contribution in [2.75, 3.05) is 6.54 Å². The predicted octanol–water partition coefficient (Wildman–Crippen LogP) is 1.81. The van der Waals surface area contributed by atoms with Crippen molar-refractivity contribution in [1.82, 2.24) is 4.90 Å². The normalized spacial score (nSPS) is 14.8. The standard InChI is InChI=1S/C11H11NO2/c1-2-7-12-10(13)8-5-3-4-6-9(8)11(12)14/h3-6H,2,7H2,1H3/p+1. The molecule has 0 spiro atoms. The van der Waals surface area contributed by atoms with Crippen LogP contribution in [0.3, 0.4) is 0 Å². The molecule has 2 rings (SSSR count). The topological polar surface area (TPSA) is 37.4 Å². The predicted molar refractivity (Wildman–Crippen MR) is 53.2 cm³/mol. The Morgan fingerprint density at radius 1 is 1.14 bits per heavy atom. The fourth-order valence-electron chi connectivity index (χ4n) is 1.67. The highest BCUT2D eigenvalue weighted by Gasteiger charge is 2.33. The first-order valence-electron chi connectivity index (χ1n) is 4.71. The summed E-state index contributed by atoms with van der Waals surface area (Å²) in [5.41, 5.74) is 1.07. The number of benzene rings is 1. The second-order valence-electron chi connectivity index (χ2n) is 3.31. The van der Waals surface area contributed by atoms with E-state index in [1.807, 2.05) is 6.92 Å². The Kier molecular flexibility index (Phi) is 2.08. The number of hydrogen-bond acceptors (Lipinski definition) is 2. The van der Waals surface area contributed by atoms with Crippen LogP contribution in [0.4, 0.5) is 0 Å². The lowest BCUT2D eigenvalue weighted by atomic mass is 10.1. The second-order valence-corrected chi connectivity index (χ2v) is 3.31. The molecule has 1 aliphatic heterocycles. The van der Waals surface area contributed by atoms with Gasteiger partial charge in [-0.15, -0.1) is 0 Å². The fourth-order valence-corrected chi connectivity index (χ4v) is 1.67. The highest BCUT2D eigenvalue weighted by Crippen LogP contribution is 2.22. The first-order valence-corrected chi connectivity index (χ1v) is 4.71. The lowest BCUT2D eigenvalue weighted by molar-refractivity contribution is 0.0654. The SMILES string of the molecule is CCCN1C(=O)c2ccccc2C1=O.[H+]. The number of rotatable bonds is 2. The molecule has 0 bridgehead atoms. The first-order chi connectivity index (χ1) is 6.75. The van der Waals surface area contributed by atoms with Crippen molar-refractivity contribution in [3.63, 3.8) is 0 Å². The van der Waals surface area contributed by atoms with Crippen LogP contribution in [0.5, 0.6) is 0 Å². The van der Waals surface area contributed by atoms with E-state index in [2.05, 4.69) is 0 Å². The Morgan fingerprint density at radius 3 is 2.07 bits per heavy atom. The lowest BCUT2D eigenvalue weighted by Gasteiger charge is -2.11. The molecule has 0 radical (unpaired) electrons. The molecule has 0 N–H and O–H groups in total. The van der Waals surface area contributed by atoms with Gasteiger partial charge in [0.15, 0.2) is 0 Å². The van der Waals surface area contributed by atoms with Crippen molar-refractivity contribution >= 4 is 11.8 Å². The zero-order chi connectivity index (χ0) is 10.1. The summed E-state index contributed by atoms with van der Waals surface area (Å²) >= 11 is 0. The maximum absolute atomic E-state index is 11.7. The van der Waals surface area contributed by atoms with Crippen LogP contribution >= 0.6 is 0 Å². The van der Waals surface area contributed by atoms with Gasteiger partial charge in [0.2, 0.25) is 0 Å². The van der Waals surface area contributed by atoms with Crippen LogP contribution in [-0.2, 0) is 0 Å². The molecule has 72 valence electrons. The third kappa shape index (κ3) is 1.13. The van der Waals surface area contributed by atoms with Crippen LogP contribution < -0.4 is 0 Å². The average molecular weight is 190 g/mol. The lowest BCUT2D eigenvalue weighted by Crippen LogP contribution is -2.30. The van der Waals surface area contributed by atoms with E-state index in [0.29, 0.717) is 17.7 Å². The summed E-state index contributed by atoms with van der Waals surface area (Å²) in [5, 5.41) is 0. The van der Waals surface area contributed by atoms with Gasteiger partial charge in [0.05, 0.1) is 11.1 Å². The second kappa shape index (κ2) is 3.25. The summed E-state index contributed by atoms with van der Waals surface area (Å²) in [7, 11) is 0. The van der Waals surface area contributed by atoms with Gasteiger partial charge < -0.3 is 0 Å². The van der Waals surface area contributed by atoms with Crippen molar-refractivity contribution in [1.29, 1.82) is 0 Å². The molecule has 3 heteroatoms. The van der Waals surface area contributed by atoms with E-state index in [1.165, 1.54) is 4.90 Å². The van der Waals surface area contributed by atoms with Gasteiger partial charge in [-0.25, -0.2) is 0 Å². The Hall–Kier alpha value is -1.64. The van der Waals surface area contributed by atoms with E-state index in [0.717, 1.165) is 6.42 Å². The monoisotopic (exact) mass is 190 g/mol. The Morgan fingerprint density at radius 2 is 1.64 bits per heavy atom. The summed E-state index contributed by atoms with van der Waals surface area (Å²) in [4.78, 5) is 24.7. The zero-order valence-electron chi connectivity index (χ0n) is 8.99. The van der Waals surface area contributed by atoms with Crippen LogP contribution in [-0.4, -0.2) is 23.3 Å². The molecule has 0 aliphatic carbocycles. The third-order valence-electron chi connectivity index (χ3n) is 2.33. The van der Waals surface area contributed by atoms with E-state index < -0.39 is 0 Å². The molecule has 0 saturated carbocycles. The van der Waals surface area contributed by atoms with Gasteiger partial charge in [-0.2, -0.15) is 0 Å². The van der Waals surface area contributed by atoms with Gasteiger partial charge in [0.25, 0.3) is 11.8 Å². The van der Waals surface area contributed by atoms with Crippen LogP contribution in [0.2, 0.25) is 0 Å². The molecule has 0 fully saturated rings. The van der Waals surface area contributed by atoms with Gasteiger partial charge in [0, 0.05) is 6.54 Å². The zero-order valence-corrected chi connectivity index (χ0v) is 7.99. The number of nitrogens with zero attached hydrogens (tertiary/aromatic N) is 1. The van der Waals surface area contributed by atoms with Gasteiger partial charge in [-0.1, -0.05) is 19.1 Å². The minimum absolute atomic E-state index is 0. The number of carbonyl (C=O) groups is 2. The average Bonchev–Trinajstić information content (AvgIpc) is 2.45. The Bertz CT molecular complexity index is 368. The van der Waals surface area contributed by atoms with Crippen molar-refractivity contribution in [2.24, 2.45) is 0 Å². The molecular formula is C11H12NO2+. The summed E-state index contributed by atoms with van der Waals surface area (Å²) in [6.07, 6.45) is 0.797. The Labute approximate surface area is 83.8 Å². The molecule has 1 aromatic carbocycles. The summed E-state index contributed by atoms with van der Waals surface area (Å²) in [5.74, 6) is -0.320. The third-order valence-corrected chi connectivity index (χ3v) is 2.33. The summed E-state index contributed by atoms with van der Waals surface area (Å²) < 4.78 is 0. The maximum Gasteiger partial charge on any atom is 1.00 e. The van der Waals surface area contributed by atoms with Crippen molar-refractivity contribution in [2.45, 2.75) is 13.3 Å². The summed E-state index contributed by atoms with van der Waals surface area (Å²) in [6.45, 7) is 2.45. The van der Waals surface area contributed by atoms with Gasteiger partial charge >= 0.3 is 1.43 Å². The molecule has 0 atom stereocenters. The molecular weight excluding hydrogens is 178 g/mol. The van der Waals surface area contributed by atoms with Gasteiger partial charge in [-0.3, -0.25) is 14.5 Å². The minimum atomic E-state index is -0.160. The van der Waals surface area contributed by atoms with E-state index in [1.54, 1.807) is 24.3 Å². The van der Waals surface area contributed by atoms with Crippen molar-refractivity contribution < 1.29 is 11.0 Å². The molecule has 3 nitrogen and oxygen atoms in total. The molecule has 1 heterocycles. The van der Waals surface area contributed by atoms with Crippen LogP contribution in [0.1, 0.15) is 35.5 Å². The summed E-state index contributed by atoms with van der Waals surface area (Å²) in [6, 6.07) is 6.95. The number of carbonyl (C=O) groups excluding carboxylic acids is 2. The van der Waals surface area contributed by atoms with E-state index in [-0.39, 0.29) is 13.2 Å². The fraction of sp³-hybridized carbons (Fsp3) is 0.273. The van der Waals surface area contributed by atoms with E-state index >= 15 is 0 Å². The number of fused-ring (bicyclic) bond motifs is 1. The molecule has 14 heavy (non-hydrogen) atoms. The maximum atomic E-state index is 11.7. The smallest absolute Gasteiger partial charge is 0.274 e. The molecule has 1 aromatic rings.